The van der Waals surface area contributed by atoms with Gasteiger partial charge in [-0.3, -0.25) is 9.69 Å². The molecular formula is C18H28N2O3. The number of amides is 1. The molecule has 1 saturated carbocycles. The van der Waals surface area contributed by atoms with Crippen LogP contribution in [0.4, 0.5) is 5.69 Å². The molecule has 23 heavy (non-hydrogen) atoms. The summed E-state index contributed by atoms with van der Waals surface area (Å²) >= 11 is 0. The van der Waals surface area contributed by atoms with Crippen molar-refractivity contribution in [3.8, 4) is 5.75 Å². The fourth-order valence-corrected chi connectivity index (χ4v) is 2.62. The molecule has 2 atom stereocenters. The first-order valence-electron chi connectivity index (χ1n) is 8.40. The molecule has 1 aromatic rings. The molecular weight excluding hydrogens is 292 g/mol. The van der Waals surface area contributed by atoms with Crippen molar-refractivity contribution >= 4 is 11.6 Å². The van der Waals surface area contributed by atoms with Crippen LogP contribution in [0.3, 0.4) is 0 Å². The number of carbonyl (C=O) groups excluding carboxylic acids is 1. The SMILES string of the molecule is CC(C)N(C)CC(=O)Nc1ccc(O[C@@H]2CCCC[C@H]2O)cc1. The monoisotopic (exact) mass is 320 g/mol. The first-order chi connectivity index (χ1) is 11.0. The summed E-state index contributed by atoms with van der Waals surface area (Å²) in [7, 11) is 1.93. The molecule has 1 aliphatic carbocycles. The average molecular weight is 320 g/mol. The second kappa shape index (κ2) is 8.31. The average Bonchev–Trinajstić information content (AvgIpc) is 2.51. The summed E-state index contributed by atoms with van der Waals surface area (Å²) in [6.45, 7) is 4.47. The molecule has 5 heteroatoms. The molecule has 2 rings (SSSR count). The number of hydrogen-bond donors (Lipinski definition) is 2. The number of ether oxygens (including phenoxy) is 1. The molecule has 128 valence electrons. The quantitative estimate of drug-likeness (QED) is 0.846. The van der Waals surface area contributed by atoms with Gasteiger partial charge in [-0.2, -0.15) is 0 Å². The lowest BCUT2D eigenvalue weighted by molar-refractivity contribution is -0.117. The van der Waals surface area contributed by atoms with Crippen molar-refractivity contribution in [2.24, 2.45) is 0 Å². The lowest BCUT2D eigenvalue weighted by Gasteiger charge is -2.28. The maximum absolute atomic E-state index is 12.0. The van der Waals surface area contributed by atoms with E-state index in [1.165, 1.54) is 0 Å². The predicted molar refractivity (Wildman–Crippen MR) is 91.7 cm³/mol. The minimum absolute atomic E-state index is 0.0300. The minimum Gasteiger partial charge on any atom is -0.488 e. The maximum Gasteiger partial charge on any atom is 0.238 e. The van der Waals surface area contributed by atoms with Gasteiger partial charge in [0.2, 0.25) is 5.91 Å². The van der Waals surface area contributed by atoms with Gasteiger partial charge >= 0.3 is 0 Å². The summed E-state index contributed by atoms with van der Waals surface area (Å²) < 4.78 is 5.85. The molecule has 0 radical (unpaired) electrons. The fraction of sp³-hybridized carbons (Fsp3) is 0.611. The van der Waals surface area contributed by atoms with E-state index in [9.17, 15) is 9.90 Å². The van der Waals surface area contributed by atoms with E-state index in [1.807, 2.05) is 36.2 Å². The van der Waals surface area contributed by atoms with Gasteiger partial charge in [-0.05, 0) is 64.4 Å². The van der Waals surface area contributed by atoms with Gasteiger partial charge in [0, 0.05) is 11.7 Å². The Bertz CT molecular complexity index is 501. The molecule has 1 fully saturated rings. The standard InChI is InChI=1S/C18H28N2O3/c1-13(2)20(3)12-18(22)19-14-8-10-15(11-9-14)23-17-7-5-4-6-16(17)21/h8-11,13,16-17,21H,4-7,12H2,1-3H3,(H,19,22)/t16-,17-/m1/s1. The third kappa shape index (κ3) is 5.52. The van der Waals surface area contributed by atoms with E-state index in [2.05, 4.69) is 19.2 Å². The molecule has 1 amide bonds. The van der Waals surface area contributed by atoms with Crippen molar-refractivity contribution in [3.05, 3.63) is 24.3 Å². The summed E-state index contributed by atoms with van der Waals surface area (Å²) in [6.07, 6.45) is 3.36. The van der Waals surface area contributed by atoms with Gasteiger partial charge in [0.15, 0.2) is 0 Å². The van der Waals surface area contributed by atoms with Gasteiger partial charge in [-0.25, -0.2) is 0 Å². The van der Waals surface area contributed by atoms with Crippen LogP contribution in [0.2, 0.25) is 0 Å². The molecule has 0 heterocycles. The Morgan fingerprint density at radius 2 is 1.96 bits per heavy atom. The lowest BCUT2D eigenvalue weighted by atomic mass is 9.95. The van der Waals surface area contributed by atoms with Gasteiger partial charge in [-0.15, -0.1) is 0 Å². The number of nitrogens with one attached hydrogen (secondary N) is 1. The summed E-state index contributed by atoms with van der Waals surface area (Å²) in [5, 5.41) is 12.8. The molecule has 2 N–H and O–H groups in total. The second-order valence-electron chi connectivity index (χ2n) is 6.59. The van der Waals surface area contributed by atoms with Crippen LogP contribution in [0, 0.1) is 0 Å². The topological polar surface area (TPSA) is 61.8 Å². The van der Waals surface area contributed by atoms with Crippen molar-refractivity contribution in [3.63, 3.8) is 0 Å². The number of benzene rings is 1. The zero-order valence-corrected chi connectivity index (χ0v) is 14.3. The van der Waals surface area contributed by atoms with Crippen molar-refractivity contribution in [2.75, 3.05) is 18.9 Å². The van der Waals surface area contributed by atoms with Gasteiger partial charge in [-0.1, -0.05) is 6.42 Å². The smallest absolute Gasteiger partial charge is 0.238 e. The van der Waals surface area contributed by atoms with E-state index in [4.69, 9.17) is 4.74 Å². The van der Waals surface area contributed by atoms with Gasteiger partial charge < -0.3 is 15.2 Å². The lowest BCUT2D eigenvalue weighted by Crippen LogP contribution is -2.35. The van der Waals surface area contributed by atoms with E-state index in [0.29, 0.717) is 12.6 Å². The van der Waals surface area contributed by atoms with Gasteiger partial charge in [0.1, 0.15) is 11.9 Å². The highest BCUT2D eigenvalue weighted by molar-refractivity contribution is 5.92. The number of aliphatic hydroxyl groups is 1. The number of likely N-dealkylation sites (N-methyl/N-ethyl adjacent to an activating group) is 1. The molecule has 0 spiro atoms. The minimum atomic E-state index is -0.380. The summed E-state index contributed by atoms with van der Waals surface area (Å²) in [6, 6.07) is 7.67. The van der Waals surface area contributed by atoms with Crippen molar-refractivity contribution in [1.82, 2.24) is 4.90 Å². The Balaban J connectivity index is 1.85. The molecule has 1 aromatic carbocycles. The highest BCUT2D eigenvalue weighted by Crippen LogP contribution is 2.24. The molecule has 0 aromatic heterocycles. The van der Waals surface area contributed by atoms with E-state index in [0.717, 1.165) is 37.1 Å². The number of aliphatic hydroxyl groups excluding tert-OH is 1. The Labute approximate surface area is 138 Å². The molecule has 0 unspecified atom stereocenters. The number of anilines is 1. The van der Waals surface area contributed by atoms with Crippen molar-refractivity contribution in [1.29, 1.82) is 0 Å². The van der Waals surface area contributed by atoms with E-state index >= 15 is 0 Å². The highest BCUT2D eigenvalue weighted by Gasteiger charge is 2.24. The van der Waals surface area contributed by atoms with E-state index in [-0.39, 0.29) is 18.1 Å². The summed E-state index contributed by atoms with van der Waals surface area (Å²) in [5.74, 6) is 0.700. The van der Waals surface area contributed by atoms with Crippen LogP contribution in [-0.2, 0) is 4.79 Å². The van der Waals surface area contributed by atoms with Crippen LogP contribution in [-0.4, -0.2) is 47.8 Å². The van der Waals surface area contributed by atoms with Crippen LogP contribution in [0.15, 0.2) is 24.3 Å². The Hall–Kier alpha value is -1.59. The predicted octanol–water partition coefficient (Wildman–Crippen LogP) is 2.65. The molecule has 5 nitrogen and oxygen atoms in total. The van der Waals surface area contributed by atoms with Crippen LogP contribution >= 0.6 is 0 Å². The number of carbonyl (C=O) groups is 1. The highest BCUT2D eigenvalue weighted by atomic mass is 16.5. The molecule has 0 aliphatic heterocycles. The molecule has 0 saturated heterocycles. The molecule has 1 aliphatic rings. The third-order valence-corrected chi connectivity index (χ3v) is 4.37. The zero-order valence-electron chi connectivity index (χ0n) is 14.3. The van der Waals surface area contributed by atoms with Crippen LogP contribution in [0.5, 0.6) is 5.75 Å². The number of nitrogens with zero attached hydrogens (tertiary/aromatic N) is 1. The van der Waals surface area contributed by atoms with Crippen molar-refractivity contribution < 1.29 is 14.6 Å². The van der Waals surface area contributed by atoms with E-state index in [1.54, 1.807) is 0 Å². The Kier molecular flexibility index (Phi) is 6.42. The Morgan fingerprint density at radius 3 is 2.57 bits per heavy atom. The first-order valence-corrected chi connectivity index (χ1v) is 8.40. The molecule has 0 bridgehead atoms. The van der Waals surface area contributed by atoms with Crippen LogP contribution < -0.4 is 10.1 Å². The summed E-state index contributed by atoms with van der Waals surface area (Å²) in [5.41, 5.74) is 0.753. The first kappa shape index (κ1) is 17.8. The Morgan fingerprint density at radius 1 is 1.30 bits per heavy atom. The van der Waals surface area contributed by atoms with Crippen LogP contribution in [0.25, 0.3) is 0 Å². The second-order valence-corrected chi connectivity index (χ2v) is 6.59. The van der Waals surface area contributed by atoms with Gasteiger partial charge in [0.25, 0.3) is 0 Å². The number of hydrogen-bond acceptors (Lipinski definition) is 4. The normalized spacial score (nSPS) is 21.5. The zero-order chi connectivity index (χ0) is 16.8. The maximum atomic E-state index is 12.0. The number of rotatable bonds is 6. The summed E-state index contributed by atoms with van der Waals surface area (Å²) in [4.78, 5) is 13.9. The van der Waals surface area contributed by atoms with Crippen molar-refractivity contribution in [2.45, 2.75) is 57.8 Å². The van der Waals surface area contributed by atoms with Crippen LogP contribution in [0.1, 0.15) is 39.5 Å². The third-order valence-electron chi connectivity index (χ3n) is 4.37. The largest absolute Gasteiger partial charge is 0.488 e. The van der Waals surface area contributed by atoms with E-state index < -0.39 is 0 Å². The van der Waals surface area contributed by atoms with Gasteiger partial charge in [0.05, 0.1) is 12.6 Å². The fourth-order valence-electron chi connectivity index (χ4n) is 2.62.